The van der Waals surface area contributed by atoms with Gasteiger partial charge in [0, 0.05) is 11.4 Å². The van der Waals surface area contributed by atoms with Gasteiger partial charge in [-0.2, -0.15) is 0 Å². The first-order valence-corrected chi connectivity index (χ1v) is 10.7. The molecule has 1 atom stereocenters. The van der Waals surface area contributed by atoms with Crippen molar-refractivity contribution >= 4 is 52.6 Å². The molecule has 1 heterocycles. The van der Waals surface area contributed by atoms with Crippen LogP contribution in [-0.2, 0) is 19.1 Å². The molecule has 1 saturated heterocycles. The summed E-state index contributed by atoms with van der Waals surface area (Å²) in [5.74, 6) is -2.85. The summed E-state index contributed by atoms with van der Waals surface area (Å²) in [5.41, 5.74) is 2.87. The van der Waals surface area contributed by atoms with Gasteiger partial charge in [-0.3, -0.25) is 29.6 Å². The van der Waals surface area contributed by atoms with Crippen molar-refractivity contribution in [3.8, 4) is 11.5 Å². The summed E-state index contributed by atoms with van der Waals surface area (Å²) in [6.45, 7) is -0.696. The molecule has 3 amide bonds. The summed E-state index contributed by atoms with van der Waals surface area (Å²) in [5, 5.41) is 4.16. The number of nitrogens with one attached hydrogen (secondary N) is 2. The molecule has 0 bridgehead atoms. The molecule has 0 unspecified atom stereocenters. The van der Waals surface area contributed by atoms with Gasteiger partial charge in [-0.25, -0.2) is 0 Å². The third-order valence-corrected chi connectivity index (χ3v) is 5.45. The van der Waals surface area contributed by atoms with E-state index in [0.29, 0.717) is 10.7 Å². The number of hydrogen-bond acceptors (Lipinski definition) is 7. The van der Waals surface area contributed by atoms with E-state index >= 15 is 0 Å². The Morgan fingerprint density at radius 1 is 1.09 bits per heavy atom. The van der Waals surface area contributed by atoms with Gasteiger partial charge >= 0.3 is 5.97 Å². The zero-order valence-electron chi connectivity index (χ0n) is 18.2. The molecule has 180 valence electrons. The predicted molar refractivity (Wildman–Crippen MR) is 123 cm³/mol. The van der Waals surface area contributed by atoms with Crippen LogP contribution in [0.2, 0.25) is 10.0 Å². The van der Waals surface area contributed by atoms with Gasteiger partial charge in [0.15, 0.2) is 6.61 Å². The summed E-state index contributed by atoms with van der Waals surface area (Å²) in [6.07, 6.45) is -0.188. The SMILES string of the molecule is COc1cccc(OC)c1C(=O)NN1C[C@@H](C(=O)OCC(=O)Nc2ccc(Cl)cc2Cl)CC1=O. The summed E-state index contributed by atoms with van der Waals surface area (Å²) in [7, 11) is 2.80. The fourth-order valence-corrected chi connectivity index (χ4v) is 3.71. The number of esters is 1. The lowest BCUT2D eigenvalue weighted by molar-refractivity contribution is -0.151. The van der Waals surface area contributed by atoms with E-state index in [4.69, 9.17) is 37.4 Å². The minimum Gasteiger partial charge on any atom is -0.496 e. The van der Waals surface area contributed by atoms with Gasteiger partial charge in [-0.05, 0) is 30.3 Å². The lowest BCUT2D eigenvalue weighted by atomic mass is 10.1. The maximum atomic E-state index is 12.8. The highest BCUT2D eigenvalue weighted by Crippen LogP contribution is 2.29. The van der Waals surface area contributed by atoms with Crippen molar-refractivity contribution in [3.05, 3.63) is 52.0 Å². The van der Waals surface area contributed by atoms with E-state index in [1.165, 1.54) is 26.4 Å². The van der Waals surface area contributed by atoms with Gasteiger partial charge in [-0.1, -0.05) is 29.3 Å². The number of benzene rings is 2. The molecule has 3 rings (SSSR count). The fraction of sp³-hybridized carbons (Fsp3) is 0.273. The molecule has 1 fully saturated rings. The molecule has 34 heavy (non-hydrogen) atoms. The van der Waals surface area contributed by atoms with E-state index in [1.54, 1.807) is 24.3 Å². The number of hydrogen-bond donors (Lipinski definition) is 2. The molecule has 0 aliphatic carbocycles. The van der Waals surface area contributed by atoms with Crippen molar-refractivity contribution in [1.82, 2.24) is 10.4 Å². The monoisotopic (exact) mass is 509 g/mol. The average molecular weight is 510 g/mol. The molecule has 12 heteroatoms. The van der Waals surface area contributed by atoms with Gasteiger partial charge in [0.1, 0.15) is 17.1 Å². The molecule has 0 aromatic heterocycles. The standard InChI is InChI=1S/C22H21Cl2N3O7/c1-32-16-4-3-5-17(33-2)20(16)21(30)26-27-10-12(8-19(27)29)22(31)34-11-18(28)25-15-7-6-13(23)9-14(15)24/h3-7,9,12H,8,10-11H2,1-2H3,(H,25,28)(H,26,30)/t12-/m0/s1. The number of amides is 3. The molecule has 2 aromatic carbocycles. The summed E-state index contributed by atoms with van der Waals surface area (Å²) >= 11 is 11.8. The molecular formula is C22H21Cl2N3O7. The zero-order chi connectivity index (χ0) is 24.8. The summed E-state index contributed by atoms with van der Waals surface area (Å²) in [6, 6.07) is 9.31. The molecule has 0 saturated carbocycles. The number of halogens is 2. The smallest absolute Gasteiger partial charge is 0.311 e. The van der Waals surface area contributed by atoms with Crippen LogP contribution < -0.4 is 20.2 Å². The average Bonchev–Trinajstić information content (AvgIpc) is 3.18. The van der Waals surface area contributed by atoms with Crippen molar-refractivity contribution in [2.45, 2.75) is 6.42 Å². The largest absolute Gasteiger partial charge is 0.496 e. The van der Waals surface area contributed by atoms with Crippen molar-refractivity contribution in [2.75, 3.05) is 32.7 Å². The predicted octanol–water partition coefficient (Wildman–Crippen LogP) is 2.69. The molecule has 0 radical (unpaired) electrons. The Balaban J connectivity index is 1.55. The van der Waals surface area contributed by atoms with Crippen LogP contribution >= 0.6 is 23.2 Å². The van der Waals surface area contributed by atoms with Gasteiger partial charge in [-0.15, -0.1) is 0 Å². The number of hydrazine groups is 1. The second-order valence-electron chi connectivity index (χ2n) is 7.16. The Kier molecular flexibility index (Phi) is 8.19. The first kappa shape index (κ1) is 25.1. The van der Waals surface area contributed by atoms with Gasteiger partial charge in [0.25, 0.3) is 11.8 Å². The van der Waals surface area contributed by atoms with Crippen LogP contribution in [0.3, 0.4) is 0 Å². The number of anilines is 1. The van der Waals surface area contributed by atoms with E-state index in [1.807, 2.05) is 0 Å². The van der Waals surface area contributed by atoms with Crippen LogP contribution in [0.1, 0.15) is 16.8 Å². The minimum absolute atomic E-state index is 0.101. The normalized spacial score (nSPS) is 15.0. The third-order valence-electron chi connectivity index (χ3n) is 4.90. The van der Waals surface area contributed by atoms with E-state index in [0.717, 1.165) is 5.01 Å². The van der Waals surface area contributed by atoms with Crippen molar-refractivity contribution in [1.29, 1.82) is 0 Å². The molecule has 2 aromatic rings. The lowest BCUT2D eigenvalue weighted by Crippen LogP contribution is -2.43. The Hall–Kier alpha value is -3.50. The van der Waals surface area contributed by atoms with Crippen LogP contribution in [0.5, 0.6) is 11.5 Å². The van der Waals surface area contributed by atoms with Crippen molar-refractivity contribution in [3.63, 3.8) is 0 Å². The molecule has 2 N–H and O–H groups in total. The summed E-state index contributed by atoms with van der Waals surface area (Å²) < 4.78 is 15.4. The van der Waals surface area contributed by atoms with E-state index in [2.05, 4.69) is 10.7 Å². The Morgan fingerprint density at radius 2 is 1.76 bits per heavy atom. The fourth-order valence-electron chi connectivity index (χ4n) is 3.26. The number of nitrogens with zero attached hydrogens (tertiary/aromatic N) is 1. The number of carbonyl (C=O) groups is 4. The van der Waals surface area contributed by atoms with Gasteiger partial charge in [0.05, 0.1) is 37.4 Å². The number of carbonyl (C=O) groups excluding carboxylic acids is 4. The quantitative estimate of drug-likeness (QED) is 0.524. The summed E-state index contributed by atoms with van der Waals surface area (Å²) in [4.78, 5) is 49.6. The highest BCUT2D eigenvalue weighted by Gasteiger charge is 2.37. The van der Waals surface area contributed by atoms with Gasteiger partial charge < -0.3 is 19.5 Å². The zero-order valence-corrected chi connectivity index (χ0v) is 19.7. The van der Waals surface area contributed by atoms with Crippen molar-refractivity contribution < 1.29 is 33.4 Å². The maximum Gasteiger partial charge on any atom is 0.311 e. The van der Waals surface area contributed by atoms with E-state index in [9.17, 15) is 19.2 Å². The molecule has 10 nitrogen and oxygen atoms in total. The molecular weight excluding hydrogens is 489 g/mol. The van der Waals surface area contributed by atoms with E-state index < -0.39 is 36.2 Å². The molecule has 1 aliphatic heterocycles. The van der Waals surface area contributed by atoms with Crippen LogP contribution in [0.4, 0.5) is 5.69 Å². The van der Waals surface area contributed by atoms with Crippen LogP contribution in [-0.4, -0.2) is 56.1 Å². The van der Waals surface area contributed by atoms with Crippen LogP contribution in [0.25, 0.3) is 0 Å². The topological polar surface area (TPSA) is 123 Å². The number of methoxy groups -OCH3 is 2. The second-order valence-corrected chi connectivity index (χ2v) is 8.01. The third kappa shape index (κ3) is 5.89. The Labute approximate surface area is 205 Å². The highest BCUT2D eigenvalue weighted by molar-refractivity contribution is 6.36. The first-order valence-electron chi connectivity index (χ1n) is 9.97. The van der Waals surface area contributed by atoms with Crippen LogP contribution in [0, 0.1) is 5.92 Å². The van der Waals surface area contributed by atoms with Crippen molar-refractivity contribution in [2.24, 2.45) is 5.92 Å². The minimum atomic E-state index is -0.862. The first-order chi connectivity index (χ1) is 16.2. The van der Waals surface area contributed by atoms with Crippen LogP contribution in [0.15, 0.2) is 36.4 Å². The second kappa shape index (κ2) is 11.1. The van der Waals surface area contributed by atoms with E-state index in [-0.39, 0.29) is 35.1 Å². The number of ether oxygens (including phenoxy) is 3. The Bertz CT molecular complexity index is 1100. The molecule has 0 spiro atoms. The lowest BCUT2D eigenvalue weighted by Gasteiger charge is -2.19. The van der Waals surface area contributed by atoms with Gasteiger partial charge in [0.2, 0.25) is 5.91 Å². The highest BCUT2D eigenvalue weighted by atomic mass is 35.5. The maximum absolute atomic E-state index is 12.8. The number of rotatable bonds is 8. The Morgan fingerprint density at radius 3 is 2.38 bits per heavy atom. The molecule has 1 aliphatic rings.